The SMILES string of the molecule is CCC1(C)c2ccc(-c3c(-c4ccccc4)cccc3-c3ccccc3)c3ccc4c5c6c[n+](c4c23)C1(C)CCC6(C)CC5(C)C. The third-order valence-electron chi connectivity index (χ3n) is 13.0. The quantitative estimate of drug-likeness (QED) is 0.140. The normalized spacial score (nSPS) is 25.4. The fourth-order valence-electron chi connectivity index (χ4n) is 10.5. The summed E-state index contributed by atoms with van der Waals surface area (Å²) in [6, 6.07) is 38.8. The second-order valence-electron chi connectivity index (χ2n) is 15.9. The molecule has 0 saturated heterocycles. The highest BCUT2D eigenvalue weighted by atomic mass is 15.1. The van der Waals surface area contributed by atoms with E-state index in [2.05, 4.69) is 155 Å². The van der Waals surface area contributed by atoms with Crippen molar-refractivity contribution in [1.82, 2.24) is 0 Å². The maximum atomic E-state index is 2.79. The van der Waals surface area contributed by atoms with E-state index in [0.717, 1.165) is 6.42 Å². The Morgan fingerprint density at radius 1 is 0.609 bits per heavy atom. The Morgan fingerprint density at radius 3 is 1.87 bits per heavy atom. The maximum Gasteiger partial charge on any atom is 0.221 e. The molecule has 9 rings (SSSR count). The second-order valence-corrected chi connectivity index (χ2v) is 15.9. The zero-order valence-electron chi connectivity index (χ0n) is 28.2. The standard InChI is InChI=1S/C45H44N/c1-7-44(5)36-24-23-33(38-31(29-15-10-8-11-16-29)19-14-20-32(38)30-17-12-9-13-18-30)34-21-22-35-40-37-27-46(41(35)39(34)36)45(44,6)26-25-43(37,4)28-42(40,2)3/h8-24,27H,7,25-26,28H2,1-6H3/q+1. The molecule has 3 heterocycles. The maximum absolute atomic E-state index is 2.79. The molecule has 2 aliphatic heterocycles. The van der Waals surface area contributed by atoms with Crippen LogP contribution >= 0.6 is 0 Å². The lowest BCUT2D eigenvalue weighted by atomic mass is 9.59. The van der Waals surface area contributed by atoms with E-state index < -0.39 is 0 Å². The van der Waals surface area contributed by atoms with Crippen LogP contribution in [0.15, 0.2) is 109 Å². The molecule has 3 atom stereocenters. The molecular weight excluding hydrogens is 555 g/mol. The van der Waals surface area contributed by atoms with Crippen molar-refractivity contribution in [3.05, 3.63) is 126 Å². The lowest BCUT2D eigenvalue weighted by molar-refractivity contribution is -0.750. The molecular formula is C45H44N+. The van der Waals surface area contributed by atoms with Gasteiger partial charge in [0.25, 0.3) is 0 Å². The van der Waals surface area contributed by atoms with E-state index in [4.69, 9.17) is 0 Å². The third kappa shape index (κ3) is 3.39. The highest BCUT2D eigenvalue weighted by Gasteiger charge is 2.61. The van der Waals surface area contributed by atoms with Crippen LogP contribution in [-0.2, 0) is 21.8 Å². The van der Waals surface area contributed by atoms with E-state index in [9.17, 15) is 0 Å². The smallest absolute Gasteiger partial charge is 0.191 e. The number of nitrogens with zero attached hydrogens (tertiary/aromatic N) is 1. The lowest BCUT2D eigenvalue weighted by Crippen LogP contribution is -2.66. The largest absolute Gasteiger partial charge is 0.221 e. The molecule has 1 heteroatoms. The number of pyridine rings is 1. The summed E-state index contributed by atoms with van der Waals surface area (Å²) in [7, 11) is 0. The van der Waals surface area contributed by atoms with Gasteiger partial charge >= 0.3 is 0 Å². The molecule has 2 bridgehead atoms. The van der Waals surface area contributed by atoms with Gasteiger partial charge in [0.1, 0.15) is 0 Å². The predicted octanol–water partition coefficient (Wildman–Crippen LogP) is 11.4. The third-order valence-corrected chi connectivity index (χ3v) is 13.0. The molecule has 1 nitrogen and oxygen atoms in total. The van der Waals surface area contributed by atoms with Gasteiger partial charge in [0, 0.05) is 18.9 Å². The van der Waals surface area contributed by atoms with E-state index >= 15 is 0 Å². The Hall–Kier alpha value is -4.23. The van der Waals surface area contributed by atoms with E-state index in [1.54, 1.807) is 11.1 Å². The van der Waals surface area contributed by atoms with Gasteiger partial charge in [-0.25, -0.2) is 0 Å². The minimum absolute atomic E-state index is 0.00642. The van der Waals surface area contributed by atoms with Gasteiger partial charge in [0.05, 0.1) is 16.2 Å². The van der Waals surface area contributed by atoms with E-state index in [-0.39, 0.29) is 21.8 Å². The number of rotatable bonds is 4. The molecule has 3 aliphatic rings. The van der Waals surface area contributed by atoms with Crippen LogP contribution in [0, 0.1) is 0 Å². The molecule has 6 aromatic rings. The van der Waals surface area contributed by atoms with Crippen molar-refractivity contribution in [3.8, 4) is 33.4 Å². The highest BCUT2D eigenvalue weighted by Crippen LogP contribution is 2.60. The van der Waals surface area contributed by atoms with Crippen LogP contribution < -0.4 is 4.57 Å². The number of hydrogen-bond donors (Lipinski definition) is 0. The zero-order valence-corrected chi connectivity index (χ0v) is 28.2. The van der Waals surface area contributed by atoms with Crippen molar-refractivity contribution in [3.63, 3.8) is 0 Å². The summed E-state index contributed by atoms with van der Waals surface area (Å²) in [4.78, 5) is 0. The Bertz CT molecular complexity index is 2170. The van der Waals surface area contributed by atoms with Gasteiger partial charge in [-0.15, -0.1) is 0 Å². The molecule has 0 saturated carbocycles. The second kappa shape index (κ2) is 9.19. The summed E-state index contributed by atoms with van der Waals surface area (Å²) >= 11 is 0. The topological polar surface area (TPSA) is 3.88 Å². The van der Waals surface area contributed by atoms with E-state index in [0.29, 0.717) is 0 Å². The van der Waals surface area contributed by atoms with Gasteiger partial charge in [-0.2, -0.15) is 4.57 Å². The first kappa shape index (κ1) is 28.0. The molecule has 1 aromatic heterocycles. The molecule has 228 valence electrons. The summed E-state index contributed by atoms with van der Waals surface area (Å²) in [5, 5.41) is 4.31. The molecule has 5 aromatic carbocycles. The Labute approximate surface area is 273 Å². The van der Waals surface area contributed by atoms with Crippen molar-refractivity contribution >= 4 is 21.7 Å². The monoisotopic (exact) mass is 598 g/mol. The highest BCUT2D eigenvalue weighted by molar-refractivity contribution is 6.15. The molecule has 46 heavy (non-hydrogen) atoms. The van der Waals surface area contributed by atoms with E-state index in [1.165, 1.54) is 79.9 Å². The first-order valence-corrected chi connectivity index (χ1v) is 17.4. The first-order valence-electron chi connectivity index (χ1n) is 17.4. The average molecular weight is 599 g/mol. The fraction of sp³-hybridized carbons (Fsp3) is 0.311. The van der Waals surface area contributed by atoms with Crippen molar-refractivity contribution < 1.29 is 4.57 Å². The zero-order chi connectivity index (χ0) is 31.6. The minimum atomic E-state index is 0.00642. The molecule has 3 unspecified atom stereocenters. The number of benzene rings is 5. The first-order chi connectivity index (χ1) is 22.1. The van der Waals surface area contributed by atoms with Gasteiger partial charge in [-0.1, -0.05) is 125 Å². The fourth-order valence-corrected chi connectivity index (χ4v) is 10.5. The van der Waals surface area contributed by atoms with Crippen LogP contribution in [0.4, 0.5) is 0 Å². The summed E-state index contributed by atoms with van der Waals surface area (Å²) < 4.78 is 2.79. The van der Waals surface area contributed by atoms with Crippen LogP contribution in [0.2, 0.25) is 0 Å². The molecule has 0 N–H and O–H groups in total. The van der Waals surface area contributed by atoms with Crippen molar-refractivity contribution in [1.29, 1.82) is 0 Å². The van der Waals surface area contributed by atoms with Crippen molar-refractivity contribution in [2.45, 2.75) is 89.0 Å². The van der Waals surface area contributed by atoms with Gasteiger partial charge in [-0.3, -0.25) is 0 Å². The summed E-state index contributed by atoms with van der Waals surface area (Å²) in [6.45, 7) is 15.1. The van der Waals surface area contributed by atoms with Gasteiger partial charge in [0.2, 0.25) is 5.52 Å². The lowest BCUT2D eigenvalue weighted by Gasteiger charge is -2.46. The average Bonchev–Trinajstić information content (AvgIpc) is 3.24. The van der Waals surface area contributed by atoms with Gasteiger partial charge in [0.15, 0.2) is 11.7 Å². The van der Waals surface area contributed by atoms with Crippen LogP contribution in [0.3, 0.4) is 0 Å². The van der Waals surface area contributed by atoms with Crippen LogP contribution in [0.25, 0.3) is 55.1 Å². The van der Waals surface area contributed by atoms with Crippen LogP contribution in [0.1, 0.15) is 83.9 Å². The summed E-state index contributed by atoms with van der Waals surface area (Å²) in [5.74, 6) is 0. The summed E-state index contributed by atoms with van der Waals surface area (Å²) in [5.41, 5.74) is 14.3. The summed E-state index contributed by atoms with van der Waals surface area (Å²) in [6.07, 6.45) is 7.40. The van der Waals surface area contributed by atoms with Gasteiger partial charge in [-0.05, 0) is 93.0 Å². The Morgan fingerprint density at radius 2 is 1.24 bits per heavy atom. The number of hydrogen-bond acceptors (Lipinski definition) is 0. The molecule has 0 radical (unpaired) electrons. The van der Waals surface area contributed by atoms with Crippen molar-refractivity contribution in [2.24, 2.45) is 0 Å². The van der Waals surface area contributed by atoms with Crippen LogP contribution in [-0.4, -0.2) is 0 Å². The minimum Gasteiger partial charge on any atom is -0.191 e. The number of aromatic nitrogens is 1. The Kier molecular flexibility index (Phi) is 5.60. The molecule has 0 fully saturated rings. The predicted molar refractivity (Wildman–Crippen MR) is 193 cm³/mol. The molecule has 0 spiro atoms. The molecule has 0 amide bonds. The van der Waals surface area contributed by atoms with E-state index in [1.807, 2.05) is 0 Å². The molecule has 1 aliphatic carbocycles. The Balaban J connectivity index is 1.47. The van der Waals surface area contributed by atoms with Gasteiger partial charge < -0.3 is 0 Å². The van der Waals surface area contributed by atoms with Crippen molar-refractivity contribution in [2.75, 3.05) is 0 Å². The number of fused-ring (bicyclic) bond motifs is 1. The van der Waals surface area contributed by atoms with Crippen LogP contribution in [0.5, 0.6) is 0 Å².